The Morgan fingerprint density at radius 1 is 1.06 bits per heavy atom. The van der Waals surface area contributed by atoms with E-state index in [1.165, 1.54) is 0 Å². The van der Waals surface area contributed by atoms with E-state index >= 15 is 0 Å². The molecule has 0 bridgehead atoms. The number of aryl methyl sites for hydroxylation is 1. The molecule has 0 spiro atoms. The monoisotopic (exact) mass is 457 g/mol. The van der Waals surface area contributed by atoms with Crippen LogP contribution in [0.15, 0.2) is 64.3 Å². The van der Waals surface area contributed by atoms with Gasteiger partial charge in [0.2, 0.25) is 5.91 Å². The summed E-state index contributed by atoms with van der Waals surface area (Å²) in [6.07, 6.45) is 1.55. The van der Waals surface area contributed by atoms with Gasteiger partial charge in [0.1, 0.15) is 5.82 Å². The van der Waals surface area contributed by atoms with Crippen molar-refractivity contribution in [2.24, 2.45) is 0 Å². The molecule has 0 atom stereocenters. The number of rotatable bonds is 6. The molecule has 0 saturated carbocycles. The molecule has 2 aromatic heterocycles. The minimum absolute atomic E-state index is 0.0128. The number of fused-ring (bicyclic) bond motifs is 1. The van der Waals surface area contributed by atoms with Crippen LogP contribution in [0.3, 0.4) is 0 Å². The van der Waals surface area contributed by atoms with Crippen molar-refractivity contribution in [2.45, 2.75) is 19.5 Å². The molecule has 0 aliphatic carbocycles. The number of aromatic amines is 1. The average Bonchev–Trinajstić information content (AvgIpc) is 3.18. The third-order valence-corrected chi connectivity index (χ3v) is 5.35. The van der Waals surface area contributed by atoms with Crippen LogP contribution in [0.2, 0.25) is 10.0 Å². The molecular formula is C21H17Cl2N5O3. The maximum absolute atomic E-state index is 12.5. The van der Waals surface area contributed by atoms with E-state index < -0.39 is 0 Å². The molecule has 2 aromatic carbocycles. The molecule has 0 unspecified atom stereocenters. The molecule has 4 aromatic rings. The largest absolute Gasteiger partial charge is 0.311 e. The minimum Gasteiger partial charge on any atom is -0.311 e. The molecule has 8 nitrogen and oxygen atoms in total. The summed E-state index contributed by atoms with van der Waals surface area (Å²) < 4.78 is 2.74. The molecule has 2 N–H and O–H groups in total. The third-order valence-electron chi connectivity index (χ3n) is 4.77. The number of carbonyl (C=O) groups excluding carboxylic acids is 1. The first kappa shape index (κ1) is 20.9. The molecule has 10 heteroatoms. The van der Waals surface area contributed by atoms with Crippen LogP contribution in [-0.4, -0.2) is 25.5 Å². The smallest absolute Gasteiger partial charge is 0.273 e. The summed E-state index contributed by atoms with van der Waals surface area (Å²) in [6.45, 7) is 0.373. The fraction of sp³-hybridized carbons (Fsp3) is 0.143. The average molecular weight is 458 g/mol. The Balaban J connectivity index is 1.45. The molecule has 1 amide bonds. The summed E-state index contributed by atoms with van der Waals surface area (Å²) in [4.78, 5) is 37.2. The highest BCUT2D eigenvalue weighted by Crippen LogP contribution is 2.22. The van der Waals surface area contributed by atoms with Crippen molar-refractivity contribution >= 4 is 45.7 Å². The van der Waals surface area contributed by atoms with Crippen LogP contribution in [0.5, 0.6) is 0 Å². The number of hydrogen-bond donors (Lipinski definition) is 2. The summed E-state index contributed by atoms with van der Waals surface area (Å²) in [6, 6.07) is 13.4. The van der Waals surface area contributed by atoms with Gasteiger partial charge in [-0.1, -0.05) is 41.4 Å². The molecule has 4 rings (SSSR count). The van der Waals surface area contributed by atoms with Gasteiger partial charge in [0.15, 0.2) is 0 Å². The van der Waals surface area contributed by atoms with E-state index in [-0.39, 0.29) is 30.0 Å². The molecule has 0 fully saturated rings. The topological polar surface area (TPSA) is 102 Å². The summed E-state index contributed by atoms with van der Waals surface area (Å²) in [5, 5.41) is 11.2. The Labute approximate surface area is 186 Å². The van der Waals surface area contributed by atoms with Gasteiger partial charge in [0.05, 0.1) is 30.1 Å². The lowest BCUT2D eigenvalue weighted by atomic mass is 10.2. The molecule has 2 heterocycles. The van der Waals surface area contributed by atoms with Gasteiger partial charge in [-0.05, 0) is 29.8 Å². The van der Waals surface area contributed by atoms with Gasteiger partial charge < -0.3 is 5.32 Å². The molecule has 158 valence electrons. The summed E-state index contributed by atoms with van der Waals surface area (Å²) in [5.74, 6) is 0.153. The minimum atomic E-state index is -0.381. The Morgan fingerprint density at radius 2 is 1.84 bits per heavy atom. The summed E-state index contributed by atoms with van der Waals surface area (Å²) in [5.41, 5.74) is 0.0597. The molecule has 0 aliphatic rings. The number of halogens is 2. The fourth-order valence-electron chi connectivity index (χ4n) is 3.20. The zero-order valence-corrected chi connectivity index (χ0v) is 17.7. The lowest BCUT2D eigenvalue weighted by Crippen LogP contribution is -2.31. The van der Waals surface area contributed by atoms with E-state index in [0.717, 1.165) is 10.2 Å². The number of H-pyrrole nitrogens is 1. The summed E-state index contributed by atoms with van der Waals surface area (Å²) >= 11 is 12.1. The van der Waals surface area contributed by atoms with Crippen molar-refractivity contribution in [3.05, 3.63) is 91.0 Å². The number of hydrogen-bond acceptors (Lipinski definition) is 4. The van der Waals surface area contributed by atoms with Gasteiger partial charge in [-0.25, -0.2) is 9.36 Å². The second kappa shape index (κ2) is 8.79. The Hall–Kier alpha value is -3.36. The zero-order valence-electron chi connectivity index (χ0n) is 16.1. The van der Waals surface area contributed by atoms with Crippen molar-refractivity contribution < 1.29 is 4.79 Å². The Bertz CT molecular complexity index is 1390. The molecule has 31 heavy (non-hydrogen) atoms. The molecule has 0 aliphatic heterocycles. The predicted octanol–water partition coefficient (Wildman–Crippen LogP) is 3.27. The van der Waals surface area contributed by atoms with Gasteiger partial charge in [0.25, 0.3) is 11.1 Å². The number of nitrogens with one attached hydrogen (secondary N) is 2. The molecule has 0 saturated heterocycles. The second-order valence-electron chi connectivity index (χ2n) is 6.85. The van der Waals surface area contributed by atoms with Crippen LogP contribution >= 0.6 is 23.2 Å². The van der Waals surface area contributed by atoms with Crippen LogP contribution in [0, 0.1) is 0 Å². The lowest BCUT2D eigenvalue weighted by molar-refractivity contribution is -0.116. The van der Waals surface area contributed by atoms with E-state index in [0.29, 0.717) is 33.2 Å². The normalized spacial score (nSPS) is 11.0. The van der Waals surface area contributed by atoms with E-state index in [9.17, 15) is 14.4 Å². The highest BCUT2D eigenvalue weighted by atomic mass is 35.5. The Morgan fingerprint density at radius 3 is 2.61 bits per heavy atom. The third kappa shape index (κ3) is 4.55. The van der Waals surface area contributed by atoms with Crippen molar-refractivity contribution in [2.75, 3.05) is 5.32 Å². The zero-order chi connectivity index (χ0) is 22.0. The first-order chi connectivity index (χ1) is 14.9. The van der Waals surface area contributed by atoms with Crippen LogP contribution in [0.25, 0.3) is 10.8 Å². The van der Waals surface area contributed by atoms with Gasteiger partial charge in [-0.2, -0.15) is 5.10 Å². The van der Waals surface area contributed by atoms with Gasteiger partial charge >= 0.3 is 0 Å². The quantitative estimate of drug-likeness (QED) is 0.463. The van der Waals surface area contributed by atoms with Crippen molar-refractivity contribution in [1.82, 2.24) is 19.6 Å². The predicted molar refractivity (Wildman–Crippen MR) is 120 cm³/mol. The highest BCUT2D eigenvalue weighted by molar-refractivity contribution is 6.35. The Kier molecular flexibility index (Phi) is 5.92. The van der Waals surface area contributed by atoms with Crippen LogP contribution in [0.4, 0.5) is 5.82 Å². The number of benzene rings is 2. The number of carbonyl (C=O) groups is 1. The first-order valence-corrected chi connectivity index (χ1v) is 10.2. The van der Waals surface area contributed by atoms with Gasteiger partial charge in [-0.15, -0.1) is 0 Å². The SMILES string of the molecule is O=C(CCn1[nH]c(=O)c2ccccc2c1=O)Nc1ccnn1Cc1ccc(Cl)cc1Cl. The van der Waals surface area contributed by atoms with Crippen LogP contribution in [-0.2, 0) is 17.9 Å². The van der Waals surface area contributed by atoms with Crippen LogP contribution in [0.1, 0.15) is 12.0 Å². The standard InChI is InChI=1S/C21H17Cl2N5O3/c22-14-6-5-13(17(23)11-14)12-28-18(7-9-24-28)25-19(29)8-10-27-21(31)16-4-2-1-3-15(16)20(30)26-27/h1-7,9,11H,8,10,12H2,(H,25,29)(H,26,30). The number of nitrogens with zero attached hydrogens (tertiary/aromatic N) is 3. The highest BCUT2D eigenvalue weighted by Gasteiger charge is 2.12. The van der Waals surface area contributed by atoms with Crippen LogP contribution < -0.4 is 16.4 Å². The lowest BCUT2D eigenvalue weighted by Gasteiger charge is -2.11. The van der Waals surface area contributed by atoms with Gasteiger partial charge in [0, 0.05) is 22.5 Å². The van der Waals surface area contributed by atoms with Crippen molar-refractivity contribution in [1.29, 1.82) is 0 Å². The van der Waals surface area contributed by atoms with E-state index in [1.54, 1.807) is 59.4 Å². The van der Waals surface area contributed by atoms with E-state index in [2.05, 4.69) is 15.5 Å². The maximum atomic E-state index is 12.5. The van der Waals surface area contributed by atoms with Gasteiger partial charge in [-0.3, -0.25) is 19.5 Å². The first-order valence-electron chi connectivity index (χ1n) is 9.40. The number of anilines is 1. The summed E-state index contributed by atoms with van der Waals surface area (Å²) in [7, 11) is 0. The van der Waals surface area contributed by atoms with Crippen molar-refractivity contribution in [3.8, 4) is 0 Å². The number of aromatic nitrogens is 4. The second-order valence-corrected chi connectivity index (χ2v) is 7.69. The molecular weight excluding hydrogens is 441 g/mol. The van der Waals surface area contributed by atoms with E-state index in [1.807, 2.05) is 0 Å². The van der Waals surface area contributed by atoms with E-state index in [4.69, 9.17) is 23.2 Å². The number of amides is 1. The maximum Gasteiger partial charge on any atom is 0.273 e. The fourth-order valence-corrected chi connectivity index (χ4v) is 3.67. The molecule has 0 radical (unpaired) electrons. The van der Waals surface area contributed by atoms with Crippen molar-refractivity contribution in [3.63, 3.8) is 0 Å².